The van der Waals surface area contributed by atoms with Gasteiger partial charge in [-0.05, 0) is 80.5 Å². The Morgan fingerprint density at radius 2 is 1.51 bits per heavy atom. The van der Waals surface area contributed by atoms with Crippen LogP contribution < -0.4 is 5.32 Å². The van der Waals surface area contributed by atoms with Crippen molar-refractivity contribution in [3.63, 3.8) is 0 Å². The number of hydrogen-bond acceptors (Lipinski definition) is 3. The molecule has 2 saturated heterocycles. The van der Waals surface area contributed by atoms with Gasteiger partial charge >= 0.3 is 6.03 Å². The van der Waals surface area contributed by atoms with E-state index in [9.17, 15) is 9.59 Å². The molecule has 0 spiro atoms. The summed E-state index contributed by atoms with van der Waals surface area (Å²) in [6.07, 6.45) is 5.59. The first-order chi connectivity index (χ1) is 20.7. The molecule has 43 heavy (non-hydrogen) atoms. The van der Waals surface area contributed by atoms with Crippen LogP contribution in [0.2, 0.25) is 10.0 Å². The molecule has 0 bridgehead atoms. The molecule has 2 aliphatic heterocycles. The molecule has 2 fully saturated rings. The number of urea groups is 1. The molecule has 6 nitrogen and oxygen atoms in total. The molecule has 3 aromatic carbocycles. The average Bonchev–Trinajstić information content (AvgIpc) is 3.03. The van der Waals surface area contributed by atoms with Crippen molar-refractivity contribution in [1.82, 2.24) is 20.0 Å². The minimum atomic E-state index is -0.373. The first kappa shape index (κ1) is 31.4. The quantitative estimate of drug-likeness (QED) is 0.289. The number of likely N-dealkylation sites (tertiary alicyclic amines) is 2. The van der Waals surface area contributed by atoms with Gasteiger partial charge in [-0.3, -0.25) is 4.79 Å². The fourth-order valence-electron chi connectivity index (χ4n) is 6.84. The van der Waals surface area contributed by atoms with Crippen LogP contribution in [0.4, 0.5) is 4.79 Å². The Labute approximate surface area is 265 Å². The van der Waals surface area contributed by atoms with Gasteiger partial charge in [-0.1, -0.05) is 77.8 Å². The molecule has 0 aliphatic carbocycles. The van der Waals surface area contributed by atoms with Crippen molar-refractivity contribution in [2.45, 2.75) is 49.5 Å². The number of nitrogens with zero attached hydrogens (tertiary/aromatic N) is 3. The molecular weight excluding hydrogens is 579 g/mol. The van der Waals surface area contributed by atoms with E-state index in [1.165, 1.54) is 0 Å². The van der Waals surface area contributed by atoms with E-state index in [0.29, 0.717) is 16.6 Å². The van der Waals surface area contributed by atoms with Gasteiger partial charge in [-0.2, -0.15) is 0 Å². The van der Waals surface area contributed by atoms with Crippen molar-refractivity contribution in [3.05, 3.63) is 106 Å². The lowest BCUT2D eigenvalue weighted by molar-refractivity contribution is 0.0616. The number of amides is 3. The van der Waals surface area contributed by atoms with Crippen molar-refractivity contribution < 1.29 is 9.59 Å². The molecule has 0 saturated carbocycles. The van der Waals surface area contributed by atoms with Crippen LogP contribution in [0, 0.1) is 0 Å². The molecule has 0 aromatic heterocycles. The lowest BCUT2D eigenvalue weighted by atomic mass is 9.70. The highest BCUT2D eigenvalue weighted by molar-refractivity contribution is 6.42. The largest absolute Gasteiger partial charge is 0.338 e. The minimum absolute atomic E-state index is 0.0622. The number of carbonyl (C=O) groups excluding carboxylic acids is 2. The molecule has 2 heterocycles. The molecule has 2 aliphatic rings. The van der Waals surface area contributed by atoms with Crippen molar-refractivity contribution in [2.24, 2.45) is 0 Å². The van der Waals surface area contributed by atoms with Gasteiger partial charge in [0.1, 0.15) is 0 Å². The van der Waals surface area contributed by atoms with Crippen LogP contribution in [-0.2, 0) is 11.0 Å². The van der Waals surface area contributed by atoms with Crippen LogP contribution in [0.15, 0.2) is 78.9 Å². The van der Waals surface area contributed by atoms with E-state index in [0.717, 1.165) is 81.4 Å². The Bertz CT molecular complexity index is 1390. The van der Waals surface area contributed by atoms with Crippen molar-refractivity contribution in [2.75, 3.05) is 46.8 Å². The molecule has 3 amide bonds. The van der Waals surface area contributed by atoms with E-state index in [2.05, 4.69) is 28.4 Å². The Balaban J connectivity index is 1.29. The molecule has 228 valence electrons. The van der Waals surface area contributed by atoms with Crippen molar-refractivity contribution >= 4 is 35.1 Å². The van der Waals surface area contributed by atoms with E-state index in [1.54, 1.807) is 19.0 Å². The second-order valence-corrected chi connectivity index (χ2v) is 13.1. The second-order valence-electron chi connectivity index (χ2n) is 12.3. The van der Waals surface area contributed by atoms with Crippen LogP contribution in [0.25, 0.3) is 0 Å². The van der Waals surface area contributed by atoms with Gasteiger partial charge in [0.15, 0.2) is 0 Å². The Kier molecular flexibility index (Phi) is 10.0. The summed E-state index contributed by atoms with van der Waals surface area (Å²) in [7, 11) is 3.57. The van der Waals surface area contributed by atoms with Crippen LogP contribution >= 0.6 is 23.2 Å². The van der Waals surface area contributed by atoms with E-state index in [4.69, 9.17) is 23.2 Å². The molecule has 3 aromatic rings. The summed E-state index contributed by atoms with van der Waals surface area (Å²) >= 11 is 12.8. The van der Waals surface area contributed by atoms with E-state index in [-0.39, 0.29) is 22.9 Å². The van der Waals surface area contributed by atoms with Gasteiger partial charge in [0.05, 0.1) is 15.6 Å². The zero-order chi connectivity index (χ0) is 30.5. The molecule has 8 heteroatoms. The number of hydrogen-bond donors (Lipinski definition) is 1. The molecule has 0 radical (unpaired) electrons. The van der Waals surface area contributed by atoms with Gasteiger partial charge in [-0.15, -0.1) is 0 Å². The highest BCUT2D eigenvalue weighted by Crippen LogP contribution is 2.41. The maximum absolute atomic E-state index is 13.5. The summed E-state index contributed by atoms with van der Waals surface area (Å²) in [4.78, 5) is 32.4. The number of piperidine rings is 2. The van der Waals surface area contributed by atoms with E-state index < -0.39 is 0 Å². The third-order valence-electron chi connectivity index (χ3n) is 9.33. The zero-order valence-corrected chi connectivity index (χ0v) is 26.7. The highest BCUT2D eigenvalue weighted by Gasteiger charge is 2.40. The summed E-state index contributed by atoms with van der Waals surface area (Å²) in [6, 6.07) is 25.8. The topological polar surface area (TPSA) is 55.9 Å². The van der Waals surface area contributed by atoms with Crippen LogP contribution in [0.1, 0.15) is 60.0 Å². The molecule has 1 atom stereocenters. The van der Waals surface area contributed by atoms with Crippen LogP contribution in [-0.4, -0.2) is 73.5 Å². The second kappa shape index (κ2) is 13.7. The summed E-state index contributed by atoms with van der Waals surface area (Å²) in [5.41, 5.74) is 2.47. The van der Waals surface area contributed by atoms with Crippen molar-refractivity contribution in [3.8, 4) is 0 Å². The SMILES string of the molecule is CN(C)C(=O)NC1(c2ccccc2)CCN(CCC[C@]2(c3ccc(Cl)c(Cl)c3)CCCN(C(=O)c3ccccc3)C2)CC1. The number of rotatable bonds is 8. The van der Waals surface area contributed by atoms with Gasteiger partial charge in [-0.25, -0.2) is 4.79 Å². The van der Waals surface area contributed by atoms with Gasteiger partial charge in [0, 0.05) is 51.3 Å². The average molecular weight is 622 g/mol. The Morgan fingerprint density at radius 3 is 2.16 bits per heavy atom. The minimum Gasteiger partial charge on any atom is -0.338 e. The fourth-order valence-corrected chi connectivity index (χ4v) is 7.14. The third kappa shape index (κ3) is 7.19. The molecule has 5 rings (SSSR count). The van der Waals surface area contributed by atoms with Crippen LogP contribution in [0.3, 0.4) is 0 Å². The van der Waals surface area contributed by atoms with Crippen LogP contribution in [0.5, 0.6) is 0 Å². The number of carbonyl (C=O) groups is 2. The van der Waals surface area contributed by atoms with E-state index in [1.807, 2.05) is 65.6 Å². The smallest absolute Gasteiger partial charge is 0.317 e. The molecule has 1 N–H and O–H groups in total. The predicted molar refractivity (Wildman–Crippen MR) is 175 cm³/mol. The summed E-state index contributed by atoms with van der Waals surface area (Å²) < 4.78 is 0. The van der Waals surface area contributed by atoms with Crippen molar-refractivity contribution in [1.29, 1.82) is 0 Å². The summed E-state index contributed by atoms with van der Waals surface area (Å²) in [5, 5.41) is 4.44. The standard InChI is InChI=1S/C35H42Cl2N4O2/c1-39(2)33(43)38-35(28-13-7-4-8-14-28)19-23-40(24-20-35)21-9-17-34(29-15-16-30(36)31(37)25-29)18-10-22-41(26-34)32(42)27-11-5-3-6-12-27/h3-8,11-16,25H,9-10,17-24,26H2,1-2H3,(H,38,43)/t34-/m0/s1. The van der Waals surface area contributed by atoms with Gasteiger partial charge in [0.2, 0.25) is 0 Å². The first-order valence-corrected chi connectivity index (χ1v) is 16.0. The molecular formula is C35H42Cl2N4O2. The third-order valence-corrected chi connectivity index (χ3v) is 10.1. The lowest BCUT2D eigenvalue weighted by Crippen LogP contribution is -2.55. The normalized spacial score (nSPS) is 20.4. The number of halogens is 2. The fraction of sp³-hybridized carbons (Fsp3) is 0.429. The zero-order valence-electron chi connectivity index (χ0n) is 25.2. The lowest BCUT2D eigenvalue weighted by Gasteiger charge is -2.45. The maximum Gasteiger partial charge on any atom is 0.317 e. The summed E-state index contributed by atoms with van der Waals surface area (Å²) in [5.74, 6) is 0.0813. The number of benzene rings is 3. The summed E-state index contributed by atoms with van der Waals surface area (Å²) in [6.45, 7) is 4.18. The van der Waals surface area contributed by atoms with Gasteiger partial charge in [0.25, 0.3) is 5.91 Å². The Hall–Kier alpha value is -3.06. The van der Waals surface area contributed by atoms with Gasteiger partial charge < -0.3 is 20.0 Å². The first-order valence-electron chi connectivity index (χ1n) is 15.3. The highest BCUT2D eigenvalue weighted by atomic mass is 35.5. The predicted octanol–water partition coefficient (Wildman–Crippen LogP) is 7.21. The Morgan fingerprint density at radius 1 is 0.837 bits per heavy atom. The molecule has 0 unspecified atom stereocenters. The monoisotopic (exact) mass is 620 g/mol. The number of nitrogens with one attached hydrogen (secondary N) is 1. The van der Waals surface area contributed by atoms with E-state index >= 15 is 0 Å². The maximum atomic E-state index is 13.5.